The number of rotatable bonds is 3. The van der Waals surface area contributed by atoms with Crippen molar-refractivity contribution in [2.75, 3.05) is 6.67 Å². The third kappa shape index (κ3) is 2.64. The highest BCUT2D eigenvalue weighted by atomic mass is 19.2. The van der Waals surface area contributed by atoms with Gasteiger partial charge in [0, 0.05) is 0 Å². The molecule has 0 spiro atoms. The third-order valence-corrected chi connectivity index (χ3v) is 1.10. The first kappa shape index (κ1) is 11.1. The quantitative estimate of drug-likeness (QED) is 0.466. The molecule has 0 amide bonds. The van der Waals surface area contributed by atoms with E-state index in [1.165, 1.54) is 6.92 Å². The molecule has 0 aromatic heterocycles. The Kier molecular flexibility index (Phi) is 4.54. The maximum absolute atomic E-state index is 12.3. The Hall–Kier alpha value is -0.870. The summed E-state index contributed by atoms with van der Waals surface area (Å²) >= 11 is 0. The Bertz CT molecular complexity index is 192. The van der Waals surface area contributed by atoms with Crippen LogP contribution in [0.2, 0.25) is 0 Å². The van der Waals surface area contributed by atoms with Gasteiger partial charge in [0.15, 0.2) is 17.5 Å². The van der Waals surface area contributed by atoms with Crippen LogP contribution in [0, 0.1) is 0 Å². The first-order chi connectivity index (χ1) is 5.54. The molecular weight excluding hydrogens is 179 g/mol. The van der Waals surface area contributed by atoms with Crippen molar-refractivity contribution in [2.24, 2.45) is 0 Å². The molecule has 0 aliphatic heterocycles. The van der Waals surface area contributed by atoms with Crippen molar-refractivity contribution in [3.63, 3.8) is 0 Å². The minimum absolute atomic E-state index is 0.404. The van der Waals surface area contributed by atoms with Crippen LogP contribution in [0.3, 0.4) is 0 Å². The molecule has 0 aliphatic carbocycles. The molecule has 0 aromatic rings. The second kappa shape index (κ2) is 4.90. The van der Waals surface area contributed by atoms with Gasteiger partial charge in [0.25, 0.3) is 0 Å². The number of allylic oxidation sites excluding steroid dienone is 4. The van der Waals surface area contributed by atoms with Crippen LogP contribution in [0.15, 0.2) is 23.3 Å². The van der Waals surface area contributed by atoms with Crippen LogP contribution < -0.4 is 0 Å². The van der Waals surface area contributed by atoms with Crippen LogP contribution in [0.4, 0.5) is 22.0 Å². The van der Waals surface area contributed by atoms with E-state index in [4.69, 9.17) is 0 Å². The van der Waals surface area contributed by atoms with Crippen LogP contribution in [0.5, 0.6) is 0 Å². The van der Waals surface area contributed by atoms with Gasteiger partial charge in [-0.15, -0.1) is 0 Å². The molecule has 0 heterocycles. The second-order valence-corrected chi connectivity index (χ2v) is 1.92. The van der Waals surface area contributed by atoms with Gasteiger partial charge in [-0.3, -0.25) is 0 Å². The summed E-state index contributed by atoms with van der Waals surface area (Å²) in [5, 5.41) is 0. The molecule has 0 N–H and O–H groups in total. The van der Waals surface area contributed by atoms with Gasteiger partial charge in [-0.1, -0.05) is 6.92 Å². The van der Waals surface area contributed by atoms with E-state index in [1.54, 1.807) is 0 Å². The Morgan fingerprint density at radius 3 is 1.67 bits per heavy atom. The van der Waals surface area contributed by atoms with Crippen molar-refractivity contribution in [3.05, 3.63) is 23.3 Å². The fourth-order valence-electron chi connectivity index (χ4n) is 0.452. The van der Waals surface area contributed by atoms with Gasteiger partial charge in [-0.2, -0.15) is 0 Å². The Labute approximate surface area is 66.4 Å². The summed E-state index contributed by atoms with van der Waals surface area (Å²) < 4.78 is 60.1. The van der Waals surface area contributed by atoms with E-state index in [0.717, 1.165) is 0 Å². The first-order valence-corrected chi connectivity index (χ1v) is 3.19. The van der Waals surface area contributed by atoms with Crippen molar-refractivity contribution in [3.8, 4) is 0 Å². The highest BCUT2D eigenvalue weighted by Gasteiger charge is 2.15. The Morgan fingerprint density at radius 2 is 1.33 bits per heavy atom. The Morgan fingerprint density at radius 1 is 0.917 bits per heavy atom. The number of hydrogen-bond acceptors (Lipinski definition) is 0. The van der Waals surface area contributed by atoms with Crippen molar-refractivity contribution < 1.29 is 22.0 Å². The molecule has 0 nitrogen and oxygen atoms in total. The highest BCUT2D eigenvalue weighted by molar-refractivity contribution is 5.24. The molecule has 0 saturated carbocycles. The third-order valence-electron chi connectivity index (χ3n) is 1.10. The monoisotopic (exact) mass is 186 g/mol. The smallest absolute Gasteiger partial charge is 0.195 e. The van der Waals surface area contributed by atoms with Crippen molar-refractivity contribution in [2.45, 2.75) is 13.3 Å². The van der Waals surface area contributed by atoms with E-state index in [2.05, 4.69) is 0 Å². The van der Waals surface area contributed by atoms with Crippen molar-refractivity contribution >= 4 is 0 Å². The van der Waals surface area contributed by atoms with E-state index >= 15 is 0 Å². The van der Waals surface area contributed by atoms with Gasteiger partial charge in [-0.05, 0) is 6.42 Å². The fourth-order valence-corrected chi connectivity index (χ4v) is 0.452. The number of alkyl halides is 1. The average Bonchev–Trinajstić information content (AvgIpc) is 2.12. The molecule has 70 valence electrons. The summed E-state index contributed by atoms with van der Waals surface area (Å²) in [6.45, 7) is -0.564. The zero-order chi connectivity index (χ0) is 9.72. The largest absolute Gasteiger partial charge is 0.243 e. The van der Waals surface area contributed by atoms with Gasteiger partial charge < -0.3 is 0 Å². The van der Waals surface area contributed by atoms with Gasteiger partial charge in [0.2, 0.25) is 0 Å². The lowest BCUT2D eigenvalue weighted by Gasteiger charge is -1.96. The lowest BCUT2D eigenvalue weighted by molar-refractivity contribution is 0.408. The molecule has 0 aromatic carbocycles. The van der Waals surface area contributed by atoms with Crippen LogP contribution >= 0.6 is 0 Å². The van der Waals surface area contributed by atoms with E-state index in [9.17, 15) is 22.0 Å². The maximum atomic E-state index is 12.3. The highest BCUT2D eigenvalue weighted by Crippen LogP contribution is 2.24. The summed E-state index contributed by atoms with van der Waals surface area (Å²) in [5.74, 6) is -7.43. The summed E-state index contributed by atoms with van der Waals surface area (Å²) in [5.41, 5.74) is 0. The summed E-state index contributed by atoms with van der Waals surface area (Å²) in [4.78, 5) is 0. The number of halogens is 5. The predicted octanol–water partition coefficient (Wildman–Crippen LogP) is 3.67. The molecule has 0 atom stereocenters. The molecule has 0 saturated heterocycles. The topological polar surface area (TPSA) is 0 Å². The molecular formula is C7H7F5. The first-order valence-electron chi connectivity index (χ1n) is 3.19. The molecule has 0 bridgehead atoms. The molecule has 0 rings (SSSR count). The summed E-state index contributed by atoms with van der Waals surface area (Å²) in [7, 11) is 0. The predicted molar refractivity (Wildman–Crippen MR) is 34.8 cm³/mol. The average molecular weight is 186 g/mol. The van der Waals surface area contributed by atoms with Crippen molar-refractivity contribution in [1.82, 2.24) is 0 Å². The van der Waals surface area contributed by atoms with Crippen LogP contribution in [0.1, 0.15) is 13.3 Å². The minimum Gasteiger partial charge on any atom is -0.243 e. The van der Waals surface area contributed by atoms with Crippen LogP contribution in [-0.2, 0) is 0 Å². The van der Waals surface area contributed by atoms with E-state index in [1.807, 2.05) is 0 Å². The molecule has 0 aliphatic rings. The SMILES string of the molecule is CC/C(F)=C(F)\C(F)=C(\F)CF. The zero-order valence-electron chi connectivity index (χ0n) is 6.30. The lowest BCUT2D eigenvalue weighted by atomic mass is 10.3. The van der Waals surface area contributed by atoms with Crippen molar-refractivity contribution in [1.29, 1.82) is 0 Å². The van der Waals surface area contributed by atoms with Gasteiger partial charge in [0.05, 0.1) is 0 Å². The zero-order valence-corrected chi connectivity index (χ0v) is 6.30. The van der Waals surface area contributed by atoms with E-state index < -0.39 is 36.4 Å². The minimum atomic E-state index is -2.10. The maximum Gasteiger partial charge on any atom is 0.195 e. The van der Waals surface area contributed by atoms with Crippen LogP contribution in [-0.4, -0.2) is 6.67 Å². The Balaban J connectivity index is 4.82. The normalized spacial score (nSPS) is 15.5. The van der Waals surface area contributed by atoms with Crippen LogP contribution in [0.25, 0.3) is 0 Å². The molecule has 0 fully saturated rings. The van der Waals surface area contributed by atoms with E-state index in [0.29, 0.717) is 0 Å². The molecule has 0 unspecified atom stereocenters. The summed E-state index contributed by atoms with van der Waals surface area (Å²) in [6, 6.07) is 0. The van der Waals surface area contributed by atoms with Gasteiger partial charge in [-0.25, -0.2) is 22.0 Å². The standard InChI is InChI=1S/C7H7F5/c1-2-4(9)6(11)7(12)5(10)3-8/h2-3H2,1H3/b6-4-,7-5-. The molecule has 5 heteroatoms. The molecule has 12 heavy (non-hydrogen) atoms. The summed E-state index contributed by atoms with van der Waals surface area (Å²) in [6.07, 6.45) is -0.404. The lowest BCUT2D eigenvalue weighted by Crippen LogP contribution is -1.87. The molecule has 0 radical (unpaired) electrons. The van der Waals surface area contributed by atoms with E-state index in [-0.39, 0.29) is 0 Å². The fraction of sp³-hybridized carbons (Fsp3) is 0.429. The van der Waals surface area contributed by atoms with Gasteiger partial charge >= 0.3 is 0 Å². The van der Waals surface area contributed by atoms with Gasteiger partial charge in [0.1, 0.15) is 12.5 Å². The second-order valence-electron chi connectivity index (χ2n) is 1.92. The number of hydrogen-bond donors (Lipinski definition) is 0.